The summed E-state index contributed by atoms with van der Waals surface area (Å²) in [6, 6.07) is 0. The van der Waals surface area contributed by atoms with Crippen LogP contribution < -0.4 is 10.2 Å². The first-order valence-electron chi connectivity index (χ1n) is 8.83. The van der Waals surface area contributed by atoms with Gasteiger partial charge in [0.05, 0.1) is 11.9 Å². The number of hydrogen-bond acceptors (Lipinski definition) is 3. The molecule has 0 radical (unpaired) electrons. The van der Waals surface area contributed by atoms with E-state index in [9.17, 15) is 4.79 Å². The minimum absolute atomic E-state index is 0.0852. The molecule has 7 nitrogen and oxygen atoms in total. The third-order valence-electron chi connectivity index (χ3n) is 4.06. The monoisotopic (exact) mass is 334 g/mol. The lowest BCUT2D eigenvalue weighted by Crippen LogP contribution is -2.55. The molecule has 0 bridgehead atoms. The van der Waals surface area contributed by atoms with E-state index in [0.29, 0.717) is 19.0 Å². The summed E-state index contributed by atoms with van der Waals surface area (Å²) in [7, 11) is 1.86. The Hall–Kier alpha value is -2.05. The van der Waals surface area contributed by atoms with Crippen molar-refractivity contribution in [3.8, 4) is 0 Å². The topological polar surface area (TPSA) is 65.8 Å². The van der Waals surface area contributed by atoms with Crippen LogP contribution in [0, 0.1) is 5.92 Å². The van der Waals surface area contributed by atoms with E-state index in [1.807, 2.05) is 18.1 Å². The number of hydrogen-bond donors (Lipinski definition) is 1. The molecule has 1 fully saturated rings. The first-order valence-corrected chi connectivity index (χ1v) is 8.83. The van der Waals surface area contributed by atoms with Crippen molar-refractivity contribution in [1.82, 2.24) is 20.0 Å². The van der Waals surface area contributed by atoms with Crippen LogP contribution in [-0.2, 0) is 11.8 Å². The Kier molecular flexibility index (Phi) is 6.63. The molecule has 1 aromatic heterocycles. The highest BCUT2D eigenvalue weighted by atomic mass is 16.2. The maximum absolute atomic E-state index is 12.5. The van der Waals surface area contributed by atoms with Crippen LogP contribution in [0.1, 0.15) is 33.6 Å². The summed E-state index contributed by atoms with van der Waals surface area (Å²) in [5, 5.41) is 7.46. The highest BCUT2D eigenvalue weighted by molar-refractivity contribution is 5.98. The van der Waals surface area contributed by atoms with Gasteiger partial charge in [-0.1, -0.05) is 13.8 Å². The zero-order valence-corrected chi connectivity index (χ0v) is 15.3. The first kappa shape index (κ1) is 18.3. The average Bonchev–Trinajstić information content (AvgIpc) is 2.96. The van der Waals surface area contributed by atoms with Crippen LogP contribution in [0.3, 0.4) is 0 Å². The Bertz CT molecular complexity index is 565. The standard InChI is InChI=1S/C17H30N6O/c1-5-18-17(19-8-6-7-14(2)3)22-9-10-23(16(24)13-22)15-11-20-21(4)12-15/h11-12,14H,5-10,13H2,1-4H3,(H,18,19). The summed E-state index contributed by atoms with van der Waals surface area (Å²) in [5.74, 6) is 1.63. The Labute approximate surface area is 144 Å². The molecule has 0 aliphatic carbocycles. The average molecular weight is 334 g/mol. The van der Waals surface area contributed by atoms with Gasteiger partial charge in [-0.3, -0.25) is 14.5 Å². The number of nitrogens with one attached hydrogen (secondary N) is 1. The van der Waals surface area contributed by atoms with Gasteiger partial charge in [-0.15, -0.1) is 0 Å². The van der Waals surface area contributed by atoms with Crippen LogP contribution in [0.4, 0.5) is 5.69 Å². The van der Waals surface area contributed by atoms with Crippen molar-refractivity contribution in [1.29, 1.82) is 0 Å². The van der Waals surface area contributed by atoms with E-state index < -0.39 is 0 Å². The summed E-state index contributed by atoms with van der Waals surface area (Å²) < 4.78 is 1.72. The number of anilines is 1. The number of aromatic nitrogens is 2. The van der Waals surface area contributed by atoms with Crippen LogP contribution in [0.15, 0.2) is 17.4 Å². The fourth-order valence-corrected chi connectivity index (χ4v) is 2.78. The number of aryl methyl sites for hydroxylation is 1. The molecule has 1 saturated heterocycles. The van der Waals surface area contributed by atoms with E-state index in [1.54, 1.807) is 15.8 Å². The smallest absolute Gasteiger partial charge is 0.246 e. The molecule has 134 valence electrons. The van der Waals surface area contributed by atoms with Crippen molar-refractivity contribution in [3.63, 3.8) is 0 Å². The lowest BCUT2D eigenvalue weighted by atomic mass is 10.1. The van der Waals surface area contributed by atoms with Gasteiger partial charge < -0.3 is 15.1 Å². The first-order chi connectivity index (χ1) is 11.5. The second-order valence-electron chi connectivity index (χ2n) is 6.61. The summed E-state index contributed by atoms with van der Waals surface area (Å²) in [4.78, 5) is 21.0. The molecule has 1 N–H and O–H groups in total. The van der Waals surface area contributed by atoms with Crippen LogP contribution in [0.25, 0.3) is 0 Å². The van der Waals surface area contributed by atoms with Gasteiger partial charge in [0.15, 0.2) is 5.96 Å². The molecule has 24 heavy (non-hydrogen) atoms. The van der Waals surface area contributed by atoms with Gasteiger partial charge in [0.25, 0.3) is 0 Å². The SMILES string of the molecule is CCNC(=NCCCC(C)C)N1CCN(c2cnn(C)c2)C(=O)C1. The van der Waals surface area contributed by atoms with Crippen molar-refractivity contribution in [2.75, 3.05) is 37.6 Å². The zero-order valence-electron chi connectivity index (χ0n) is 15.3. The van der Waals surface area contributed by atoms with Gasteiger partial charge in [-0.25, -0.2) is 0 Å². The van der Waals surface area contributed by atoms with E-state index in [-0.39, 0.29) is 5.91 Å². The van der Waals surface area contributed by atoms with E-state index in [4.69, 9.17) is 0 Å². The molecule has 2 rings (SSSR count). The summed E-state index contributed by atoms with van der Waals surface area (Å²) in [6.07, 6.45) is 5.87. The zero-order chi connectivity index (χ0) is 17.5. The summed E-state index contributed by atoms with van der Waals surface area (Å²) >= 11 is 0. The molecule has 0 unspecified atom stereocenters. The number of rotatable bonds is 6. The molecule has 2 heterocycles. The highest BCUT2D eigenvalue weighted by Gasteiger charge is 2.27. The molecular weight excluding hydrogens is 304 g/mol. The number of amides is 1. The number of piperazine rings is 1. The van der Waals surface area contributed by atoms with Crippen molar-refractivity contribution in [3.05, 3.63) is 12.4 Å². The van der Waals surface area contributed by atoms with E-state index in [2.05, 4.69) is 36.2 Å². The predicted octanol–water partition coefficient (Wildman–Crippen LogP) is 1.47. The van der Waals surface area contributed by atoms with Gasteiger partial charge in [0.1, 0.15) is 6.54 Å². The number of nitrogens with zero attached hydrogens (tertiary/aromatic N) is 5. The number of carbonyl (C=O) groups is 1. The largest absolute Gasteiger partial charge is 0.357 e. The molecule has 0 spiro atoms. The Morgan fingerprint density at radius 1 is 1.42 bits per heavy atom. The summed E-state index contributed by atoms with van der Waals surface area (Å²) in [6.45, 7) is 9.90. The number of carbonyl (C=O) groups excluding carboxylic acids is 1. The Morgan fingerprint density at radius 2 is 2.21 bits per heavy atom. The minimum atomic E-state index is 0.0852. The van der Waals surface area contributed by atoms with Gasteiger partial charge in [-0.2, -0.15) is 5.10 Å². The minimum Gasteiger partial charge on any atom is -0.357 e. The van der Waals surface area contributed by atoms with E-state index in [0.717, 1.165) is 37.7 Å². The third kappa shape index (κ3) is 4.97. The van der Waals surface area contributed by atoms with Gasteiger partial charge in [0, 0.05) is 39.4 Å². The Morgan fingerprint density at radius 3 is 2.79 bits per heavy atom. The number of guanidine groups is 1. The molecular formula is C17H30N6O. The quantitative estimate of drug-likeness (QED) is 0.486. The predicted molar refractivity (Wildman–Crippen MR) is 97.2 cm³/mol. The van der Waals surface area contributed by atoms with E-state index >= 15 is 0 Å². The molecule has 0 saturated carbocycles. The lowest BCUT2D eigenvalue weighted by Gasteiger charge is -2.35. The van der Waals surface area contributed by atoms with Gasteiger partial charge in [0.2, 0.25) is 5.91 Å². The summed E-state index contributed by atoms with van der Waals surface area (Å²) in [5.41, 5.74) is 0.862. The third-order valence-corrected chi connectivity index (χ3v) is 4.06. The molecule has 1 aromatic rings. The lowest BCUT2D eigenvalue weighted by molar-refractivity contribution is -0.120. The van der Waals surface area contributed by atoms with Crippen LogP contribution in [-0.4, -0.2) is 59.3 Å². The van der Waals surface area contributed by atoms with Crippen LogP contribution in [0.2, 0.25) is 0 Å². The van der Waals surface area contributed by atoms with Crippen molar-refractivity contribution >= 4 is 17.6 Å². The molecule has 7 heteroatoms. The molecule has 1 amide bonds. The van der Waals surface area contributed by atoms with Crippen LogP contribution in [0.5, 0.6) is 0 Å². The second kappa shape index (κ2) is 8.70. The van der Waals surface area contributed by atoms with Gasteiger partial charge in [-0.05, 0) is 25.7 Å². The Balaban J connectivity index is 1.95. The molecule has 1 aliphatic rings. The van der Waals surface area contributed by atoms with E-state index in [1.165, 1.54) is 6.42 Å². The fourth-order valence-electron chi connectivity index (χ4n) is 2.78. The van der Waals surface area contributed by atoms with Crippen LogP contribution >= 0.6 is 0 Å². The molecule has 0 aromatic carbocycles. The molecule has 0 atom stereocenters. The number of aliphatic imine (C=N–C) groups is 1. The molecule has 1 aliphatic heterocycles. The van der Waals surface area contributed by atoms with Gasteiger partial charge >= 0.3 is 0 Å². The van der Waals surface area contributed by atoms with Crippen molar-refractivity contribution in [2.24, 2.45) is 18.0 Å². The van der Waals surface area contributed by atoms with Crippen molar-refractivity contribution < 1.29 is 4.79 Å². The fraction of sp³-hybridized carbons (Fsp3) is 0.706. The second-order valence-corrected chi connectivity index (χ2v) is 6.61. The van der Waals surface area contributed by atoms with Crippen molar-refractivity contribution in [2.45, 2.75) is 33.6 Å². The normalized spacial score (nSPS) is 16.2. The maximum Gasteiger partial charge on any atom is 0.246 e. The highest BCUT2D eigenvalue weighted by Crippen LogP contribution is 2.16. The maximum atomic E-state index is 12.5.